The van der Waals surface area contributed by atoms with Crippen LogP contribution in [0.25, 0.3) is 0 Å². The van der Waals surface area contributed by atoms with Crippen LogP contribution in [-0.4, -0.2) is 5.78 Å². The smallest absolute Gasteiger partial charge is 0.194 e. The quantitative estimate of drug-likeness (QED) is 0.665. The molecule has 2 aromatic carbocycles. The van der Waals surface area contributed by atoms with E-state index >= 15 is 0 Å². The molecule has 0 aliphatic carbocycles. The molecule has 2 nitrogen and oxygen atoms in total. The average molecular weight is 298 g/mol. The summed E-state index contributed by atoms with van der Waals surface area (Å²) >= 11 is 11.8. The molecule has 98 valence electrons. The van der Waals surface area contributed by atoms with E-state index in [4.69, 9.17) is 28.9 Å². The van der Waals surface area contributed by atoms with E-state index < -0.39 is 5.82 Å². The highest BCUT2D eigenvalue weighted by molar-refractivity contribution is 6.36. The summed E-state index contributed by atoms with van der Waals surface area (Å²) in [7, 11) is 0. The van der Waals surface area contributed by atoms with Crippen LogP contribution in [0.3, 0.4) is 0 Å². The molecule has 0 heterocycles. The maximum Gasteiger partial charge on any atom is 0.194 e. The molecule has 2 N–H and O–H groups in total. The first-order valence-corrected chi connectivity index (χ1v) is 6.21. The number of nitrogens with two attached hydrogens (primary N) is 1. The Hall–Kier alpha value is -1.58. The lowest BCUT2D eigenvalue weighted by Gasteiger charge is -2.09. The Bertz CT molecular complexity index is 671. The van der Waals surface area contributed by atoms with Crippen molar-refractivity contribution in [1.29, 1.82) is 0 Å². The summed E-state index contributed by atoms with van der Waals surface area (Å²) < 4.78 is 13.3. The van der Waals surface area contributed by atoms with Gasteiger partial charge >= 0.3 is 0 Å². The molecule has 0 spiro atoms. The fraction of sp³-hybridized carbons (Fsp3) is 0.0714. The normalized spacial score (nSPS) is 10.5. The standard InChI is InChI=1S/C14H10Cl2FNO/c1-7-4-12(17)13(18)6-9(7)14(19)10-5-8(15)2-3-11(10)16/h2-6H,18H2,1H3. The van der Waals surface area contributed by atoms with E-state index in [1.54, 1.807) is 19.1 Å². The highest BCUT2D eigenvalue weighted by Crippen LogP contribution is 2.26. The van der Waals surface area contributed by atoms with Crippen LogP contribution in [0.4, 0.5) is 10.1 Å². The first-order valence-electron chi connectivity index (χ1n) is 5.45. The van der Waals surface area contributed by atoms with Crippen molar-refractivity contribution in [2.75, 3.05) is 5.73 Å². The zero-order valence-corrected chi connectivity index (χ0v) is 11.5. The van der Waals surface area contributed by atoms with Gasteiger partial charge in [-0.2, -0.15) is 0 Å². The van der Waals surface area contributed by atoms with Crippen LogP contribution in [0.15, 0.2) is 30.3 Å². The minimum atomic E-state index is -0.550. The largest absolute Gasteiger partial charge is 0.396 e. The fourth-order valence-electron chi connectivity index (χ4n) is 1.75. The van der Waals surface area contributed by atoms with Gasteiger partial charge in [-0.15, -0.1) is 0 Å². The van der Waals surface area contributed by atoms with Gasteiger partial charge in [-0.3, -0.25) is 4.79 Å². The van der Waals surface area contributed by atoms with Crippen LogP contribution in [0.5, 0.6) is 0 Å². The van der Waals surface area contributed by atoms with E-state index in [0.717, 1.165) is 0 Å². The number of anilines is 1. The van der Waals surface area contributed by atoms with Crippen molar-refractivity contribution < 1.29 is 9.18 Å². The molecular formula is C14H10Cl2FNO. The Morgan fingerprint density at radius 3 is 2.53 bits per heavy atom. The number of benzene rings is 2. The van der Waals surface area contributed by atoms with Crippen LogP contribution in [0, 0.1) is 12.7 Å². The van der Waals surface area contributed by atoms with Crippen LogP contribution in [0.2, 0.25) is 10.0 Å². The van der Waals surface area contributed by atoms with Crippen LogP contribution in [-0.2, 0) is 0 Å². The molecule has 0 saturated carbocycles. The first kappa shape index (κ1) is 13.8. The van der Waals surface area contributed by atoms with E-state index in [1.807, 2.05) is 0 Å². The van der Waals surface area contributed by atoms with Gasteiger partial charge in [-0.25, -0.2) is 4.39 Å². The third-order valence-corrected chi connectivity index (χ3v) is 3.33. The van der Waals surface area contributed by atoms with E-state index in [-0.39, 0.29) is 22.1 Å². The second-order valence-electron chi connectivity index (χ2n) is 4.14. The van der Waals surface area contributed by atoms with Crippen molar-refractivity contribution in [2.24, 2.45) is 0 Å². The van der Waals surface area contributed by atoms with Gasteiger partial charge in [-0.05, 0) is 42.8 Å². The van der Waals surface area contributed by atoms with E-state index in [9.17, 15) is 9.18 Å². The highest BCUT2D eigenvalue weighted by Gasteiger charge is 2.17. The van der Waals surface area contributed by atoms with Gasteiger partial charge in [0.2, 0.25) is 0 Å². The predicted octanol–water partition coefficient (Wildman–Crippen LogP) is 4.25. The molecule has 0 fully saturated rings. The SMILES string of the molecule is Cc1cc(F)c(N)cc1C(=O)c1cc(Cl)ccc1Cl. The van der Waals surface area contributed by atoms with Gasteiger partial charge in [0, 0.05) is 16.1 Å². The molecule has 0 aromatic heterocycles. The topological polar surface area (TPSA) is 43.1 Å². The number of carbonyl (C=O) groups excluding carboxylic acids is 1. The number of aryl methyl sites for hydroxylation is 1. The molecule has 5 heteroatoms. The monoisotopic (exact) mass is 297 g/mol. The molecule has 0 radical (unpaired) electrons. The summed E-state index contributed by atoms with van der Waals surface area (Å²) in [4.78, 5) is 12.4. The fourth-order valence-corrected chi connectivity index (χ4v) is 2.13. The van der Waals surface area contributed by atoms with Crippen molar-refractivity contribution >= 4 is 34.7 Å². The lowest BCUT2D eigenvalue weighted by atomic mass is 9.98. The van der Waals surface area contributed by atoms with Crippen molar-refractivity contribution in [3.8, 4) is 0 Å². The summed E-state index contributed by atoms with van der Waals surface area (Å²) in [5.41, 5.74) is 6.48. The maximum atomic E-state index is 13.3. The lowest BCUT2D eigenvalue weighted by Crippen LogP contribution is -2.06. The molecule has 19 heavy (non-hydrogen) atoms. The molecule has 0 aliphatic rings. The molecule has 0 amide bonds. The minimum absolute atomic E-state index is 0.0768. The Labute approximate surface area is 119 Å². The van der Waals surface area contributed by atoms with Gasteiger partial charge in [0.05, 0.1) is 10.7 Å². The van der Waals surface area contributed by atoms with E-state index in [2.05, 4.69) is 0 Å². The maximum absolute atomic E-state index is 13.3. The first-order chi connectivity index (χ1) is 8.90. The van der Waals surface area contributed by atoms with Gasteiger partial charge < -0.3 is 5.73 Å². The number of halogens is 3. The predicted molar refractivity (Wildman–Crippen MR) is 75.4 cm³/mol. The summed E-state index contributed by atoms with van der Waals surface area (Å²) in [6.45, 7) is 1.63. The summed E-state index contributed by atoms with van der Waals surface area (Å²) in [5.74, 6) is -0.886. The van der Waals surface area contributed by atoms with Gasteiger partial charge in [0.25, 0.3) is 0 Å². The molecule has 0 saturated heterocycles. The van der Waals surface area contributed by atoms with E-state index in [1.165, 1.54) is 18.2 Å². The third kappa shape index (κ3) is 2.72. The molecule has 2 rings (SSSR count). The van der Waals surface area contributed by atoms with Gasteiger partial charge in [-0.1, -0.05) is 23.2 Å². The average Bonchev–Trinajstić information content (AvgIpc) is 2.36. The van der Waals surface area contributed by atoms with Crippen LogP contribution in [0.1, 0.15) is 21.5 Å². The zero-order valence-electron chi connectivity index (χ0n) is 10.0. The van der Waals surface area contributed by atoms with Crippen molar-refractivity contribution in [2.45, 2.75) is 6.92 Å². The molecular weight excluding hydrogens is 288 g/mol. The highest BCUT2D eigenvalue weighted by atomic mass is 35.5. The Morgan fingerprint density at radius 1 is 1.16 bits per heavy atom. The molecule has 0 bridgehead atoms. The number of hydrogen-bond acceptors (Lipinski definition) is 2. The molecule has 0 unspecified atom stereocenters. The summed E-state index contributed by atoms with van der Waals surface area (Å²) in [6, 6.07) is 7.14. The summed E-state index contributed by atoms with van der Waals surface area (Å²) in [6.07, 6.45) is 0. The number of carbonyl (C=O) groups is 1. The molecule has 2 aromatic rings. The Balaban J connectivity index is 2.56. The lowest BCUT2D eigenvalue weighted by molar-refractivity contribution is 0.103. The van der Waals surface area contributed by atoms with Crippen molar-refractivity contribution in [3.05, 3.63) is 62.9 Å². The molecule has 0 atom stereocenters. The Morgan fingerprint density at radius 2 is 1.84 bits per heavy atom. The van der Waals surface area contributed by atoms with Crippen molar-refractivity contribution in [3.63, 3.8) is 0 Å². The number of ketones is 1. The zero-order chi connectivity index (χ0) is 14.2. The summed E-state index contributed by atoms with van der Waals surface area (Å²) in [5, 5.41) is 0.692. The number of hydrogen-bond donors (Lipinski definition) is 1. The Kier molecular flexibility index (Phi) is 3.78. The van der Waals surface area contributed by atoms with Crippen molar-refractivity contribution in [1.82, 2.24) is 0 Å². The minimum Gasteiger partial charge on any atom is -0.396 e. The van der Waals surface area contributed by atoms with E-state index in [0.29, 0.717) is 16.1 Å². The molecule has 0 aliphatic heterocycles. The second kappa shape index (κ2) is 5.19. The number of nitrogen functional groups attached to an aromatic ring is 1. The number of rotatable bonds is 2. The van der Waals surface area contributed by atoms with Gasteiger partial charge in [0.15, 0.2) is 5.78 Å². The van der Waals surface area contributed by atoms with Gasteiger partial charge in [0.1, 0.15) is 5.82 Å². The van der Waals surface area contributed by atoms with Crippen LogP contribution < -0.4 is 5.73 Å². The van der Waals surface area contributed by atoms with Crippen LogP contribution >= 0.6 is 23.2 Å². The second-order valence-corrected chi connectivity index (χ2v) is 4.99. The third-order valence-electron chi connectivity index (χ3n) is 2.76.